The number of carbonyl (C=O) groups excluding carboxylic acids is 1. The number of benzene rings is 1. The van der Waals surface area contributed by atoms with Gasteiger partial charge < -0.3 is 5.32 Å². The number of rotatable bonds is 3. The van der Waals surface area contributed by atoms with Crippen LogP contribution in [0.4, 0.5) is 14.5 Å². The Labute approximate surface area is 89.2 Å². The van der Waals surface area contributed by atoms with Crippen LogP contribution in [0.25, 0.3) is 0 Å². The average molecular weight is 230 g/mol. The third kappa shape index (κ3) is 2.30. The molecule has 0 unspecified atom stereocenters. The van der Waals surface area contributed by atoms with Crippen molar-refractivity contribution >= 4 is 11.6 Å². The normalized spacial score (nSPS) is 9.94. The molecule has 5 nitrogen and oxygen atoms in total. The van der Waals surface area contributed by atoms with E-state index in [1.165, 1.54) is 0 Å². The molecule has 16 heavy (non-hydrogen) atoms. The third-order valence-corrected chi connectivity index (χ3v) is 1.80. The smallest absolute Gasteiger partial charge is 0.308 e. The van der Waals surface area contributed by atoms with Crippen LogP contribution in [-0.4, -0.2) is 17.4 Å². The van der Waals surface area contributed by atoms with Gasteiger partial charge in [-0.2, -0.15) is 4.39 Å². The fourth-order valence-corrected chi connectivity index (χ4v) is 1.13. The minimum Gasteiger partial charge on any atom is -0.352 e. The van der Waals surface area contributed by atoms with Gasteiger partial charge >= 0.3 is 5.69 Å². The summed E-state index contributed by atoms with van der Waals surface area (Å²) in [6, 6.07) is 1.05. The Hall–Kier alpha value is -2.05. The molecule has 0 saturated carbocycles. The molecule has 1 rings (SSSR count). The molecule has 1 aromatic rings. The quantitative estimate of drug-likeness (QED) is 0.633. The highest BCUT2D eigenvalue weighted by Gasteiger charge is 2.23. The molecule has 0 aliphatic heterocycles. The van der Waals surface area contributed by atoms with Gasteiger partial charge in [-0.25, -0.2) is 4.39 Å². The molecule has 0 bridgehead atoms. The zero-order valence-electron chi connectivity index (χ0n) is 8.29. The van der Waals surface area contributed by atoms with Crippen LogP contribution in [0.3, 0.4) is 0 Å². The lowest BCUT2D eigenvalue weighted by Crippen LogP contribution is -2.24. The maximum atomic E-state index is 13.4. The average Bonchev–Trinajstić information content (AvgIpc) is 2.20. The van der Waals surface area contributed by atoms with Crippen molar-refractivity contribution in [3.8, 4) is 0 Å². The van der Waals surface area contributed by atoms with Gasteiger partial charge in [0.15, 0.2) is 0 Å². The van der Waals surface area contributed by atoms with Gasteiger partial charge in [0.1, 0.15) is 5.82 Å². The number of hydrogen-bond donors (Lipinski definition) is 1. The van der Waals surface area contributed by atoms with E-state index in [-0.39, 0.29) is 6.54 Å². The zero-order chi connectivity index (χ0) is 12.3. The van der Waals surface area contributed by atoms with Gasteiger partial charge in [0, 0.05) is 6.54 Å². The van der Waals surface area contributed by atoms with E-state index in [1.807, 2.05) is 0 Å². The predicted molar refractivity (Wildman–Crippen MR) is 51.0 cm³/mol. The Morgan fingerprint density at radius 1 is 1.50 bits per heavy atom. The van der Waals surface area contributed by atoms with Gasteiger partial charge in [-0.3, -0.25) is 14.9 Å². The number of nitrogens with zero attached hydrogens (tertiary/aromatic N) is 1. The molecule has 0 saturated heterocycles. The molecule has 1 N–H and O–H groups in total. The first-order valence-corrected chi connectivity index (χ1v) is 4.39. The van der Waals surface area contributed by atoms with Crippen molar-refractivity contribution in [2.75, 3.05) is 6.54 Å². The summed E-state index contributed by atoms with van der Waals surface area (Å²) in [6.07, 6.45) is 0. The Morgan fingerprint density at radius 2 is 2.12 bits per heavy atom. The van der Waals surface area contributed by atoms with Crippen molar-refractivity contribution in [1.82, 2.24) is 5.32 Å². The van der Waals surface area contributed by atoms with Crippen LogP contribution in [0.15, 0.2) is 12.1 Å². The van der Waals surface area contributed by atoms with Crippen LogP contribution < -0.4 is 5.32 Å². The molecule has 1 aromatic carbocycles. The highest BCUT2D eigenvalue weighted by Crippen LogP contribution is 2.22. The fraction of sp³-hybridized carbons (Fsp3) is 0.222. The van der Waals surface area contributed by atoms with Gasteiger partial charge in [-0.15, -0.1) is 0 Å². The van der Waals surface area contributed by atoms with Gasteiger partial charge in [-0.05, 0) is 13.0 Å². The van der Waals surface area contributed by atoms with Gasteiger partial charge in [0.25, 0.3) is 5.91 Å². The van der Waals surface area contributed by atoms with E-state index >= 15 is 0 Å². The number of nitro benzene ring substituents is 1. The first kappa shape index (κ1) is 12.0. The molecular weight excluding hydrogens is 222 g/mol. The molecule has 86 valence electrons. The molecular formula is C9H8F2N2O3. The van der Waals surface area contributed by atoms with Gasteiger partial charge in [-0.1, -0.05) is 0 Å². The van der Waals surface area contributed by atoms with Crippen LogP contribution in [0, 0.1) is 21.7 Å². The third-order valence-electron chi connectivity index (χ3n) is 1.80. The monoisotopic (exact) mass is 230 g/mol. The minimum absolute atomic E-state index is 0.211. The Bertz CT molecular complexity index is 449. The molecule has 0 radical (unpaired) electrons. The molecule has 0 fully saturated rings. The second-order valence-corrected chi connectivity index (χ2v) is 2.90. The van der Waals surface area contributed by atoms with Crippen molar-refractivity contribution in [2.45, 2.75) is 6.92 Å². The Morgan fingerprint density at radius 3 is 2.62 bits per heavy atom. The van der Waals surface area contributed by atoms with E-state index < -0.39 is 33.7 Å². The summed E-state index contributed by atoms with van der Waals surface area (Å²) < 4.78 is 26.3. The van der Waals surface area contributed by atoms with E-state index in [0.29, 0.717) is 12.1 Å². The van der Waals surface area contributed by atoms with Crippen LogP contribution in [-0.2, 0) is 0 Å². The molecule has 0 spiro atoms. The largest absolute Gasteiger partial charge is 0.352 e. The second kappa shape index (κ2) is 4.65. The van der Waals surface area contributed by atoms with E-state index in [0.717, 1.165) is 0 Å². The van der Waals surface area contributed by atoms with Crippen molar-refractivity contribution in [2.24, 2.45) is 0 Å². The summed E-state index contributed by atoms with van der Waals surface area (Å²) in [4.78, 5) is 20.5. The molecule has 0 heterocycles. The van der Waals surface area contributed by atoms with E-state index in [9.17, 15) is 23.7 Å². The summed E-state index contributed by atoms with van der Waals surface area (Å²) >= 11 is 0. The van der Waals surface area contributed by atoms with Crippen molar-refractivity contribution in [3.63, 3.8) is 0 Å². The second-order valence-electron chi connectivity index (χ2n) is 2.90. The van der Waals surface area contributed by atoms with Crippen LogP contribution >= 0.6 is 0 Å². The highest BCUT2D eigenvalue weighted by atomic mass is 19.1. The standard InChI is InChI=1S/C9H8F2N2O3/c1-2-12-9(14)6-3-5(10)4-7(8(6)11)13(15)16/h3-4H,2H2,1H3,(H,12,14). The molecule has 0 aromatic heterocycles. The summed E-state index contributed by atoms with van der Waals surface area (Å²) in [5.41, 5.74) is -1.73. The number of carbonyl (C=O) groups is 1. The highest BCUT2D eigenvalue weighted by molar-refractivity contribution is 5.95. The van der Waals surface area contributed by atoms with Crippen LogP contribution in [0.5, 0.6) is 0 Å². The van der Waals surface area contributed by atoms with Gasteiger partial charge in [0.05, 0.1) is 16.6 Å². The lowest BCUT2D eigenvalue weighted by molar-refractivity contribution is -0.387. The molecule has 0 aliphatic rings. The van der Waals surface area contributed by atoms with Crippen molar-refractivity contribution in [3.05, 3.63) is 39.4 Å². The zero-order valence-corrected chi connectivity index (χ0v) is 8.29. The Kier molecular flexibility index (Phi) is 3.49. The SMILES string of the molecule is CCNC(=O)c1cc(F)cc([N+](=O)[O-])c1F. The topological polar surface area (TPSA) is 72.2 Å². The van der Waals surface area contributed by atoms with Crippen LogP contribution in [0.1, 0.15) is 17.3 Å². The molecule has 7 heteroatoms. The minimum atomic E-state index is -1.34. The first-order valence-electron chi connectivity index (χ1n) is 4.39. The molecule has 1 amide bonds. The molecule has 0 atom stereocenters. The number of halogens is 2. The number of nitrogens with one attached hydrogen (secondary N) is 1. The lowest BCUT2D eigenvalue weighted by Gasteiger charge is -2.04. The maximum absolute atomic E-state index is 13.4. The van der Waals surface area contributed by atoms with E-state index in [4.69, 9.17) is 0 Å². The predicted octanol–water partition coefficient (Wildman–Crippen LogP) is 1.62. The molecule has 0 aliphatic carbocycles. The summed E-state index contributed by atoms with van der Waals surface area (Å²) in [5.74, 6) is -3.26. The maximum Gasteiger partial charge on any atom is 0.308 e. The number of amides is 1. The van der Waals surface area contributed by atoms with Crippen molar-refractivity contribution in [1.29, 1.82) is 0 Å². The number of hydrogen-bond acceptors (Lipinski definition) is 3. The van der Waals surface area contributed by atoms with E-state index in [1.54, 1.807) is 6.92 Å². The first-order chi connectivity index (χ1) is 7.47. The lowest BCUT2D eigenvalue weighted by atomic mass is 10.1. The fourth-order valence-electron chi connectivity index (χ4n) is 1.13. The number of nitro groups is 1. The van der Waals surface area contributed by atoms with Crippen LogP contribution in [0.2, 0.25) is 0 Å². The Balaban J connectivity index is 3.29. The van der Waals surface area contributed by atoms with Crippen molar-refractivity contribution < 1.29 is 18.5 Å². The summed E-state index contributed by atoms with van der Waals surface area (Å²) in [5, 5.41) is 12.6. The van der Waals surface area contributed by atoms with Gasteiger partial charge in [0.2, 0.25) is 5.82 Å². The summed E-state index contributed by atoms with van der Waals surface area (Å²) in [7, 11) is 0. The summed E-state index contributed by atoms with van der Waals surface area (Å²) in [6.45, 7) is 1.80. The van der Waals surface area contributed by atoms with E-state index in [2.05, 4.69) is 5.32 Å².